The minimum absolute atomic E-state index is 0.427. The van der Waals surface area contributed by atoms with Crippen molar-refractivity contribution in [3.05, 3.63) is 45.9 Å². The molecule has 2 N–H and O–H groups in total. The Morgan fingerprint density at radius 1 is 1.59 bits per heavy atom. The maximum Gasteiger partial charge on any atom is 0.0998 e. The van der Waals surface area contributed by atoms with Crippen LogP contribution in [0.25, 0.3) is 0 Å². The van der Waals surface area contributed by atoms with E-state index in [1.807, 2.05) is 11.6 Å². The monoisotopic (exact) mass is 248 g/mol. The van der Waals surface area contributed by atoms with Gasteiger partial charge < -0.3 is 5.73 Å². The molecule has 0 amide bonds. The topological polar surface area (TPSA) is 56.7 Å². The van der Waals surface area contributed by atoms with Gasteiger partial charge in [0.15, 0.2) is 0 Å². The second kappa shape index (κ2) is 5.25. The largest absolute Gasteiger partial charge is 0.325 e. The van der Waals surface area contributed by atoms with Crippen molar-refractivity contribution in [3.63, 3.8) is 0 Å². The van der Waals surface area contributed by atoms with Gasteiger partial charge in [0, 0.05) is 17.8 Å². The fourth-order valence-corrected chi connectivity index (χ4v) is 2.39. The molecule has 0 saturated heterocycles. The third-order valence-electron chi connectivity index (χ3n) is 2.45. The second-order valence-corrected chi connectivity index (χ2v) is 5.09. The van der Waals surface area contributed by atoms with Gasteiger partial charge in [0.05, 0.1) is 17.9 Å². The van der Waals surface area contributed by atoms with Crippen LogP contribution >= 0.6 is 11.3 Å². The lowest BCUT2D eigenvalue weighted by Gasteiger charge is -2.06. The molecule has 5 heteroatoms. The number of rotatable bonds is 5. The molecule has 0 atom stereocenters. The minimum atomic E-state index is 0.427. The Morgan fingerprint density at radius 2 is 2.41 bits per heavy atom. The molecule has 0 saturated carbocycles. The first-order chi connectivity index (χ1) is 8.20. The van der Waals surface area contributed by atoms with E-state index < -0.39 is 0 Å². The lowest BCUT2D eigenvalue weighted by molar-refractivity contribution is 0.620. The lowest BCUT2D eigenvalue weighted by Crippen LogP contribution is -2.08. The molecule has 4 nitrogen and oxygen atoms in total. The second-order valence-electron chi connectivity index (χ2n) is 4.06. The van der Waals surface area contributed by atoms with E-state index in [2.05, 4.69) is 34.4 Å². The fraction of sp³-hybridized carbons (Fsp3) is 0.333. The SMILES string of the molecule is C=C(C)Cn1nnc(CN)c1Cc1cccs1. The molecule has 17 heavy (non-hydrogen) atoms. The van der Waals surface area contributed by atoms with Crippen LogP contribution in [0, 0.1) is 0 Å². The van der Waals surface area contributed by atoms with Crippen LogP contribution in [0.4, 0.5) is 0 Å². The highest BCUT2D eigenvalue weighted by Gasteiger charge is 2.12. The maximum absolute atomic E-state index is 5.69. The summed E-state index contributed by atoms with van der Waals surface area (Å²) in [6.45, 7) is 7.02. The number of aromatic nitrogens is 3. The molecule has 0 aliphatic carbocycles. The normalized spacial score (nSPS) is 10.7. The summed E-state index contributed by atoms with van der Waals surface area (Å²) in [5.74, 6) is 0. The van der Waals surface area contributed by atoms with Crippen molar-refractivity contribution in [2.24, 2.45) is 5.73 Å². The molecule has 2 aromatic heterocycles. The number of thiophene rings is 1. The van der Waals surface area contributed by atoms with Gasteiger partial charge in [-0.1, -0.05) is 23.4 Å². The van der Waals surface area contributed by atoms with Gasteiger partial charge in [-0.3, -0.25) is 0 Å². The van der Waals surface area contributed by atoms with Gasteiger partial charge in [-0.2, -0.15) is 0 Å². The van der Waals surface area contributed by atoms with Crippen LogP contribution in [-0.2, 0) is 19.5 Å². The Balaban J connectivity index is 2.28. The summed E-state index contributed by atoms with van der Waals surface area (Å²) in [4.78, 5) is 1.30. The molecule has 0 bridgehead atoms. The Bertz CT molecular complexity index is 499. The van der Waals surface area contributed by atoms with Gasteiger partial charge >= 0.3 is 0 Å². The molecule has 0 aliphatic rings. The summed E-state index contributed by atoms with van der Waals surface area (Å²) in [5.41, 5.74) is 8.72. The molecule has 2 aromatic rings. The molecule has 0 aromatic carbocycles. The van der Waals surface area contributed by atoms with E-state index >= 15 is 0 Å². The molecule has 0 unspecified atom stereocenters. The number of hydrogen-bond donors (Lipinski definition) is 1. The van der Waals surface area contributed by atoms with Crippen molar-refractivity contribution in [3.8, 4) is 0 Å². The summed E-state index contributed by atoms with van der Waals surface area (Å²) in [6.07, 6.45) is 0.838. The maximum atomic E-state index is 5.69. The van der Waals surface area contributed by atoms with Crippen molar-refractivity contribution >= 4 is 11.3 Å². The van der Waals surface area contributed by atoms with E-state index in [0.29, 0.717) is 13.1 Å². The highest BCUT2D eigenvalue weighted by Crippen LogP contribution is 2.17. The number of hydrogen-bond acceptors (Lipinski definition) is 4. The predicted molar refractivity (Wildman–Crippen MR) is 69.9 cm³/mol. The zero-order valence-electron chi connectivity index (χ0n) is 9.89. The van der Waals surface area contributed by atoms with E-state index in [0.717, 1.165) is 23.4 Å². The minimum Gasteiger partial charge on any atom is -0.325 e. The van der Waals surface area contributed by atoms with Crippen molar-refractivity contribution in [2.45, 2.75) is 26.4 Å². The van der Waals surface area contributed by atoms with Crippen molar-refractivity contribution in [1.82, 2.24) is 15.0 Å². The highest BCUT2D eigenvalue weighted by atomic mass is 32.1. The molecule has 90 valence electrons. The Morgan fingerprint density at radius 3 is 3.00 bits per heavy atom. The molecule has 2 heterocycles. The van der Waals surface area contributed by atoms with Crippen LogP contribution in [0.5, 0.6) is 0 Å². The van der Waals surface area contributed by atoms with E-state index in [-0.39, 0.29) is 0 Å². The van der Waals surface area contributed by atoms with Crippen LogP contribution in [-0.4, -0.2) is 15.0 Å². The van der Waals surface area contributed by atoms with Gasteiger partial charge in [0.1, 0.15) is 0 Å². The molecular formula is C12H16N4S. The number of nitrogens with zero attached hydrogens (tertiary/aromatic N) is 3. The fourth-order valence-electron chi connectivity index (χ4n) is 1.68. The van der Waals surface area contributed by atoms with Crippen LogP contribution < -0.4 is 5.73 Å². The first kappa shape index (κ1) is 12.0. The average molecular weight is 248 g/mol. The van der Waals surface area contributed by atoms with Gasteiger partial charge in [0.25, 0.3) is 0 Å². The highest BCUT2D eigenvalue weighted by molar-refractivity contribution is 7.09. The predicted octanol–water partition coefficient (Wildman–Crippen LogP) is 1.97. The summed E-state index contributed by atoms with van der Waals surface area (Å²) < 4.78 is 1.89. The van der Waals surface area contributed by atoms with Crippen molar-refractivity contribution < 1.29 is 0 Å². The van der Waals surface area contributed by atoms with E-state index in [1.54, 1.807) is 11.3 Å². The third kappa shape index (κ3) is 2.81. The summed E-state index contributed by atoms with van der Waals surface area (Å²) in [7, 11) is 0. The first-order valence-electron chi connectivity index (χ1n) is 5.48. The summed E-state index contributed by atoms with van der Waals surface area (Å²) in [5, 5.41) is 10.3. The molecule has 0 spiro atoms. The molecule has 0 radical (unpaired) electrons. The van der Waals surface area contributed by atoms with Gasteiger partial charge in [-0.25, -0.2) is 4.68 Å². The smallest absolute Gasteiger partial charge is 0.0998 e. The van der Waals surface area contributed by atoms with Crippen LogP contribution in [0.2, 0.25) is 0 Å². The Kier molecular flexibility index (Phi) is 3.71. The van der Waals surface area contributed by atoms with Crippen LogP contribution in [0.3, 0.4) is 0 Å². The quantitative estimate of drug-likeness (QED) is 0.823. The Hall–Kier alpha value is -1.46. The van der Waals surface area contributed by atoms with E-state index in [9.17, 15) is 0 Å². The number of nitrogens with two attached hydrogens (primary N) is 1. The third-order valence-corrected chi connectivity index (χ3v) is 3.33. The van der Waals surface area contributed by atoms with E-state index in [1.165, 1.54) is 4.88 Å². The number of allylic oxidation sites excluding steroid dienone is 1. The molecular weight excluding hydrogens is 232 g/mol. The summed E-state index contributed by atoms with van der Waals surface area (Å²) in [6, 6.07) is 4.16. The zero-order valence-corrected chi connectivity index (χ0v) is 10.7. The van der Waals surface area contributed by atoms with Gasteiger partial charge in [-0.15, -0.1) is 16.4 Å². The van der Waals surface area contributed by atoms with E-state index in [4.69, 9.17) is 5.73 Å². The molecule has 0 aliphatic heterocycles. The molecule has 0 fully saturated rings. The van der Waals surface area contributed by atoms with Crippen molar-refractivity contribution in [1.29, 1.82) is 0 Å². The zero-order chi connectivity index (χ0) is 12.3. The Labute approximate surface area is 105 Å². The molecule has 2 rings (SSSR count). The lowest BCUT2D eigenvalue weighted by atomic mass is 10.2. The van der Waals surface area contributed by atoms with Gasteiger partial charge in [0.2, 0.25) is 0 Å². The van der Waals surface area contributed by atoms with Crippen molar-refractivity contribution in [2.75, 3.05) is 0 Å². The average Bonchev–Trinajstić information content (AvgIpc) is 2.90. The van der Waals surface area contributed by atoms with Crippen LogP contribution in [0.1, 0.15) is 23.2 Å². The van der Waals surface area contributed by atoms with Gasteiger partial charge in [-0.05, 0) is 18.4 Å². The standard InChI is InChI=1S/C12H16N4S/c1-9(2)8-16-12(11(7-13)14-15-16)6-10-4-3-5-17-10/h3-5H,1,6-8,13H2,2H3. The summed E-state index contributed by atoms with van der Waals surface area (Å²) >= 11 is 1.74. The first-order valence-corrected chi connectivity index (χ1v) is 6.36. The van der Waals surface area contributed by atoms with Crippen LogP contribution in [0.15, 0.2) is 29.7 Å².